The summed E-state index contributed by atoms with van der Waals surface area (Å²) in [5.41, 5.74) is 6.41. The highest BCUT2D eigenvalue weighted by atomic mass is 35.5. The highest BCUT2D eigenvalue weighted by molar-refractivity contribution is 6.34. The number of amides is 2. The molecule has 3 aromatic rings. The lowest BCUT2D eigenvalue weighted by Crippen LogP contribution is -2.49. The first-order chi connectivity index (χ1) is 19.1. The van der Waals surface area contributed by atoms with Gasteiger partial charge in [-0.2, -0.15) is 5.10 Å². The van der Waals surface area contributed by atoms with Crippen LogP contribution >= 0.6 is 36.4 Å². The summed E-state index contributed by atoms with van der Waals surface area (Å²) < 4.78 is 16.6. The van der Waals surface area contributed by atoms with Crippen molar-refractivity contribution in [2.45, 2.75) is 0 Å². The molecular weight excluding hydrogens is 595 g/mol. The standard InChI is InChI=1S/C27H29ClN6O5.2ClH/c28-20-16-17(39-15-8-33-6-11-37-12-7-33)4-5-18(20)24-23-25(31-30-24)19-2-1-3-21(22(19)26(23)35)29-27(36)32-34-9-13-38-14-10-34;;/h1-5,16H,6-15H2,(H,30,31)(H2,29,32,36);2*1H. The molecule has 0 saturated carbocycles. The van der Waals surface area contributed by atoms with Gasteiger partial charge in [-0.05, 0) is 24.3 Å². The highest BCUT2D eigenvalue weighted by Gasteiger charge is 2.35. The molecule has 3 N–H and O–H groups in total. The molecule has 3 aliphatic rings. The zero-order valence-electron chi connectivity index (χ0n) is 22.1. The molecule has 2 fully saturated rings. The van der Waals surface area contributed by atoms with Crippen molar-refractivity contribution in [2.24, 2.45) is 0 Å². The van der Waals surface area contributed by atoms with Crippen LogP contribution in [0, 0.1) is 0 Å². The Bertz CT molecular complexity index is 1390. The van der Waals surface area contributed by atoms with Crippen LogP contribution in [0.4, 0.5) is 10.5 Å². The molecule has 11 nitrogen and oxygen atoms in total. The summed E-state index contributed by atoms with van der Waals surface area (Å²) in [7, 11) is 0. The number of carbonyl (C=O) groups excluding carboxylic acids is 2. The maximum atomic E-state index is 13.7. The summed E-state index contributed by atoms with van der Waals surface area (Å²) in [6, 6.07) is 10.3. The smallest absolute Gasteiger partial charge is 0.333 e. The van der Waals surface area contributed by atoms with E-state index in [1.54, 1.807) is 23.2 Å². The molecule has 0 unspecified atom stereocenters. The molecule has 2 aliphatic heterocycles. The van der Waals surface area contributed by atoms with E-state index in [9.17, 15) is 9.59 Å². The van der Waals surface area contributed by atoms with Crippen molar-refractivity contribution in [3.63, 3.8) is 0 Å². The van der Waals surface area contributed by atoms with Crippen LogP contribution in [-0.2, 0) is 9.47 Å². The predicted octanol–water partition coefficient (Wildman–Crippen LogP) is 3.86. The Morgan fingerprint density at radius 1 is 1.00 bits per heavy atom. The lowest BCUT2D eigenvalue weighted by molar-refractivity contribution is 0.0207. The van der Waals surface area contributed by atoms with Gasteiger partial charge in [-0.25, -0.2) is 9.80 Å². The predicted molar refractivity (Wildman–Crippen MR) is 160 cm³/mol. The summed E-state index contributed by atoms with van der Waals surface area (Å²) in [5, 5.41) is 12.5. The van der Waals surface area contributed by atoms with Gasteiger partial charge in [0.25, 0.3) is 0 Å². The van der Waals surface area contributed by atoms with Crippen molar-refractivity contribution >= 4 is 53.9 Å². The van der Waals surface area contributed by atoms with Crippen LogP contribution in [0.5, 0.6) is 5.75 Å². The number of ketones is 1. The van der Waals surface area contributed by atoms with Crippen LogP contribution in [-0.4, -0.2) is 97.7 Å². The molecule has 0 spiro atoms. The third kappa shape index (κ3) is 6.62. The molecule has 1 aromatic heterocycles. The van der Waals surface area contributed by atoms with E-state index < -0.39 is 6.03 Å². The van der Waals surface area contributed by atoms with Gasteiger partial charge in [0.2, 0.25) is 0 Å². The number of nitrogens with one attached hydrogen (secondary N) is 3. The number of hydrogen-bond donors (Lipinski definition) is 3. The topological polar surface area (TPSA) is 121 Å². The first-order valence-electron chi connectivity index (χ1n) is 13.0. The molecule has 2 aromatic carbocycles. The third-order valence-electron chi connectivity index (χ3n) is 7.05. The number of urea groups is 1. The van der Waals surface area contributed by atoms with Gasteiger partial charge in [-0.3, -0.25) is 20.2 Å². The Labute approximate surface area is 254 Å². The van der Waals surface area contributed by atoms with Crippen molar-refractivity contribution in [3.05, 3.63) is 52.5 Å². The molecule has 41 heavy (non-hydrogen) atoms. The number of anilines is 1. The Hall–Kier alpha value is -2.90. The van der Waals surface area contributed by atoms with Crippen LogP contribution in [0.25, 0.3) is 22.5 Å². The number of rotatable bonds is 7. The zero-order chi connectivity index (χ0) is 26.8. The maximum Gasteiger partial charge on any atom is 0.333 e. The van der Waals surface area contributed by atoms with Gasteiger partial charge in [0.15, 0.2) is 5.78 Å². The van der Waals surface area contributed by atoms with E-state index in [-0.39, 0.29) is 30.6 Å². The largest absolute Gasteiger partial charge is 0.492 e. The molecule has 1 aliphatic carbocycles. The fourth-order valence-electron chi connectivity index (χ4n) is 5.05. The first kappa shape index (κ1) is 31.0. The summed E-state index contributed by atoms with van der Waals surface area (Å²) in [6.45, 7) is 6.93. The number of halogens is 3. The number of aromatic nitrogens is 2. The Balaban J connectivity index is 0.00000194. The van der Waals surface area contributed by atoms with E-state index in [4.69, 9.17) is 25.8 Å². The number of hydrazine groups is 1. The van der Waals surface area contributed by atoms with Crippen molar-refractivity contribution in [1.29, 1.82) is 0 Å². The summed E-state index contributed by atoms with van der Waals surface area (Å²) >= 11 is 6.66. The SMILES string of the molecule is Cl.Cl.O=C(Nc1cccc2c1C(=O)c1c-2n[nH]c1-c1ccc(OCCN2CCOCC2)cc1Cl)NN1CCOCC1. The minimum absolute atomic E-state index is 0. The number of morpholine rings is 2. The lowest BCUT2D eigenvalue weighted by atomic mass is 10.0. The molecule has 220 valence electrons. The van der Waals surface area contributed by atoms with Gasteiger partial charge in [0.1, 0.15) is 18.1 Å². The number of fused-ring (bicyclic) bond motifs is 3. The first-order valence-corrected chi connectivity index (χ1v) is 13.4. The van der Waals surface area contributed by atoms with Crippen LogP contribution in [0.1, 0.15) is 15.9 Å². The van der Waals surface area contributed by atoms with E-state index in [0.717, 1.165) is 32.8 Å². The van der Waals surface area contributed by atoms with Gasteiger partial charge in [-0.15, -0.1) is 24.8 Å². The number of benzene rings is 2. The third-order valence-corrected chi connectivity index (χ3v) is 7.36. The maximum absolute atomic E-state index is 13.7. The second kappa shape index (κ2) is 13.8. The molecule has 0 radical (unpaired) electrons. The van der Waals surface area contributed by atoms with E-state index >= 15 is 0 Å². The summed E-state index contributed by atoms with van der Waals surface area (Å²) in [5.74, 6) is 0.425. The van der Waals surface area contributed by atoms with Gasteiger partial charge >= 0.3 is 6.03 Å². The van der Waals surface area contributed by atoms with E-state index in [1.165, 1.54) is 0 Å². The Morgan fingerprint density at radius 2 is 1.73 bits per heavy atom. The second-order valence-electron chi connectivity index (χ2n) is 9.49. The molecule has 6 rings (SSSR count). The van der Waals surface area contributed by atoms with Crippen LogP contribution in [0.3, 0.4) is 0 Å². The summed E-state index contributed by atoms with van der Waals surface area (Å²) in [4.78, 5) is 28.6. The van der Waals surface area contributed by atoms with E-state index in [1.807, 2.05) is 18.2 Å². The average molecular weight is 626 g/mol. The molecule has 0 bridgehead atoms. The van der Waals surface area contributed by atoms with E-state index in [2.05, 4.69) is 25.8 Å². The van der Waals surface area contributed by atoms with Gasteiger partial charge in [-0.1, -0.05) is 23.7 Å². The van der Waals surface area contributed by atoms with Gasteiger partial charge in [0, 0.05) is 43.9 Å². The number of aromatic amines is 1. The average Bonchev–Trinajstić information content (AvgIpc) is 3.50. The number of H-pyrrole nitrogens is 1. The molecular formula is C27H31Cl3N6O5. The fourth-order valence-corrected chi connectivity index (χ4v) is 5.32. The number of carbonyl (C=O) groups is 2. The monoisotopic (exact) mass is 624 g/mol. The van der Waals surface area contributed by atoms with Crippen LogP contribution in [0.2, 0.25) is 5.02 Å². The number of ether oxygens (including phenoxy) is 3. The molecule has 14 heteroatoms. The van der Waals surface area contributed by atoms with E-state index in [0.29, 0.717) is 83.0 Å². The van der Waals surface area contributed by atoms with Gasteiger partial charge in [0.05, 0.1) is 54.0 Å². The normalized spacial score (nSPS) is 16.7. The number of hydrogen-bond acceptors (Lipinski definition) is 8. The zero-order valence-corrected chi connectivity index (χ0v) is 24.5. The lowest BCUT2D eigenvalue weighted by Gasteiger charge is -2.27. The molecule has 2 amide bonds. The van der Waals surface area contributed by atoms with Crippen molar-refractivity contribution < 1.29 is 23.8 Å². The van der Waals surface area contributed by atoms with Crippen molar-refractivity contribution in [1.82, 2.24) is 25.5 Å². The quantitative estimate of drug-likeness (QED) is 0.283. The second-order valence-corrected chi connectivity index (χ2v) is 9.90. The minimum atomic E-state index is -0.420. The molecule has 2 saturated heterocycles. The summed E-state index contributed by atoms with van der Waals surface area (Å²) in [6.07, 6.45) is 0. The molecule has 3 heterocycles. The Morgan fingerprint density at radius 3 is 2.46 bits per heavy atom. The number of nitrogens with zero attached hydrogens (tertiary/aromatic N) is 3. The van der Waals surface area contributed by atoms with Crippen LogP contribution in [0.15, 0.2) is 36.4 Å². The fraction of sp³-hybridized carbons (Fsp3) is 0.370. The van der Waals surface area contributed by atoms with Crippen molar-refractivity contribution in [2.75, 3.05) is 71.1 Å². The highest BCUT2D eigenvalue weighted by Crippen LogP contribution is 2.44. The van der Waals surface area contributed by atoms with Gasteiger partial charge < -0.3 is 19.5 Å². The Kier molecular flexibility index (Phi) is 10.5. The van der Waals surface area contributed by atoms with Crippen molar-refractivity contribution in [3.8, 4) is 28.3 Å². The van der Waals surface area contributed by atoms with Crippen LogP contribution < -0.4 is 15.5 Å². The minimum Gasteiger partial charge on any atom is -0.492 e. The molecule has 0 atom stereocenters.